The van der Waals surface area contributed by atoms with Gasteiger partial charge < -0.3 is 0 Å². The molecule has 4 heteroatoms. The second-order valence-electron chi connectivity index (χ2n) is 5.30. The zero-order chi connectivity index (χ0) is 10.2. The van der Waals surface area contributed by atoms with Crippen LogP contribution in [0.3, 0.4) is 0 Å². The molecule has 0 radical (unpaired) electrons. The molecule has 0 aliphatic heterocycles. The van der Waals surface area contributed by atoms with Gasteiger partial charge in [-0.2, -0.15) is 0 Å². The smallest absolute Gasteiger partial charge is 0.290 e. The zero-order valence-electron chi connectivity index (χ0n) is 8.96. The average molecular weight is 192 g/mol. The van der Waals surface area contributed by atoms with Crippen molar-refractivity contribution in [1.82, 2.24) is 5.09 Å². The first-order chi connectivity index (χ1) is 5.06. The SMILES string of the molecule is CC(C)(C)[Si](F)(NN)C(C)(C)C. The summed E-state index contributed by atoms with van der Waals surface area (Å²) in [5.74, 6) is 5.32. The molecule has 0 fully saturated rings. The molecular formula is C8H21FN2Si. The van der Waals surface area contributed by atoms with Gasteiger partial charge in [0.2, 0.25) is 0 Å². The molecule has 0 aliphatic carbocycles. The van der Waals surface area contributed by atoms with E-state index in [0.717, 1.165) is 0 Å². The quantitative estimate of drug-likeness (QED) is 0.290. The van der Waals surface area contributed by atoms with Gasteiger partial charge in [-0.1, -0.05) is 41.5 Å². The van der Waals surface area contributed by atoms with Crippen LogP contribution in [0.4, 0.5) is 4.11 Å². The molecule has 0 saturated heterocycles. The summed E-state index contributed by atoms with van der Waals surface area (Å²) >= 11 is 0. The third-order valence-electron chi connectivity index (χ3n) is 2.27. The van der Waals surface area contributed by atoms with Gasteiger partial charge >= 0.3 is 8.57 Å². The van der Waals surface area contributed by atoms with Crippen LogP contribution in [-0.4, -0.2) is 8.57 Å². The minimum absolute atomic E-state index is 0.375. The van der Waals surface area contributed by atoms with Gasteiger partial charge in [0.1, 0.15) is 0 Å². The summed E-state index contributed by atoms with van der Waals surface area (Å²) < 4.78 is 14.4. The van der Waals surface area contributed by atoms with Crippen molar-refractivity contribution in [3.63, 3.8) is 0 Å². The highest BCUT2D eigenvalue weighted by atomic mass is 28.4. The summed E-state index contributed by atoms with van der Waals surface area (Å²) in [6.45, 7) is 11.4. The van der Waals surface area contributed by atoms with E-state index in [-0.39, 0.29) is 10.1 Å². The molecule has 0 aliphatic rings. The largest absolute Gasteiger partial charge is 0.342 e. The predicted molar refractivity (Wildman–Crippen MR) is 53.6 cm³/mol. The van der Waals surface area contributed by atoms with Gasteiger partial charge in [-0.3, -0.25) is 15.0 Å². The lowest BCUT2D eigenvalue weighted by atomic mass is 10.2. The summed E-state index contributed by atoms with van der Waals surface area (Å²) in [6.07, 6.45) is 0. The Morgan fingerprint density at radius 2 is 1.25 bits per heavy atom. The molecule has 0 aromatic heterocycles. The van der Waals surface area contributed by atoms with Gasteiger partial charge in [0.15, 0.2) is 0 Å². The molecule has 0 unspecified atom stereocenters. The van der Waals surface area contributed by atoms with Crippen LogP contribution in [0.25, 0.3) is 0 Å². The molecule has 0 amide bonds. The summed E-state index contributed by atoms with van der Waals surface area (Å²) in [7, 11) is -3.10. The number of hydrazine groups is 1. The minimum Gasteiger partial charge on any atom is -0.290 e. The lowest BCUT2D eigenvalue weighted by Gasteiger charge is -2.43. The van der Waals surface area contributed by atoms with Crippen LogP contribution in [-0.2, 0) is 0 Å². The first kappa shape index (κ1) is 12.1. The second kappa shape index (κ2) is 3.09. The van der Waals surface area contributed by atoms with Gasteiger partial charge in [-0.25, -0.2) is 0 Å². The minimum atomic E-state index is -3.10. The third kappa shape index (κ3) is 1.86. The van der Waals surface area contributed by atoms with Crippen molar-refractivity contribution in [2.45, 2.75) is 51.6 Å². The lowest BCUT2D eigenvalue weighted by molar-refractivity contribution is 0.486. The van der Waals surface area contributed by atoms with Crippen molar-refractivity contribution in [2.75, 3.05) is 0 Å². The molecule has 0 aromatic rings. The van der Waals surface area contributed by atoms with Gasteiger partial charge in [0.05, 0.1) is 0 Å². The Balaban J connectivity index is 4.95. The molecule has 0 aromatic carbocycles. The molecule has 0 spiro atoms. The van der Waals surface area contributed by atoms with E-state index in [9.17, 15) is 4.11 Å². The fourth-order valence-corrected chi connectivity index (χ4v) is 4.67. The number of hydrogen-bond donors (Lipinski definition) is 2. The molecule has 0 bridgehead atoms. The van der Waals surface area contributed by atoms with E-state index >= 15 is 0 Å². The van der Waals surface area contributed by atoms with Gasteiger partial charge in [0, 0.05) is 10.1 Å². The van der Waals surface area contributed by atoms with Crippen LogP contribution in [0, 0.1) is 0 Å². The van der Waals surface area contributed by atoms with Gasteiger partial charge in [-0.15, -0.1) is 0 Å². The van der Waals surface area contributed by atoms with E-state index in [0.29, 0.717) is 0 Å². The molecule has 0 saturated carbocycles. The number of rotatable bonds is 1. The number of nitrogens with one attached hydrogen (secondary N) is 1. The average Bonchev–Trinajstić information content (AvgIpc) is 1.81. The number of halogens is 1. The van der Waals surface area contributed by atoms with Crippen molar-refractivity contribution in [3.8, 4) is 0 Å². The molecule has 0 atom stereocenters. The topological polar surface area (TPSA) is 38.0 Å². The van der Waals surface area contributed by atoms with Crippen LogP contribution in [0.15, 0.2) is 0 Å². The Hall–Kier alpha value is 0.0669. The fourth-order valence-electron chi connectivity index (χ4n) is 1.56. The Kier molecular flexibility index (Phi) is 3.10. The Morgan fingerprint density at radius 3 is 1.25 bits per heavy atom. The predicted octanol–water partition coefficient (Wildman–Crippen LogP) is 2.46. The Morgan fingerprint density at radius 1 is 1.00 bits per heavy atom. The number of hydrogen-bond acceptors (Lipinski definition) is 2. The van der Waals surface area contributed by atoms with Crippen LogP contribution in [0.1, 0.15) is 41.5 Å². The Bertz CT molecular complexity index is 143. The second-order valence-corrected chi connectivity index (χ2v) is 9.91. The van der Waals surface area contributed by atoms with Crippen molar-refractivity contribution in [1.29, 1.82) is 0 Å². The maximum atomic E-state index is 14.4. The highest BCUT2D eigenvalue weighted by molar-refractivity contribution is 6.76. The highest BCUT2D eigenvalue weighted by Crippen LogP contribution is 2.49. The van der Waals surface area contributed by atoms with Crippen molar-refractivity contribution in [2.24, 2.45) is 5.84 Å². The summed E-state index contributed by atoms with van der Waals surface area (Å²) in [5, 5.41) is 1.68. The summed E-state index contributed by atoms with van der Waals surface area (Å²) in [6, 6.07) is 0. The summed E-state index contributed by atoms with van der Waals surface area (Å²) in [5.41, 5.74) is 0. The molecule has 0 rings (SSSR count). The molecule has 74 valence electrons. The fraction of sp³-hybridized carbons (Fsp3) is 1.00. The highest BCUT2D eigenvalue weighted by Gasteiger charge is 2.55. The molecule has 0 heterocycles. The van der Waals surface area contributed by atoms with Gasteiger partial charge in [-0.05, 0) is 0 Å². The molecule has 3 N–H and O–H groups in total. The summed E-state index contributed by atoms with van der Waals surface area (Å²) in [4.78, 5) is 0. The van der Waals surface area contributed by atoms with Crippen LogP contribution in [0.2, 0.25) is 10.1 Å². The maximum Gasteiger partial charge on any atom is 0.342 e. The normalized spacial score (nSPS) is 15.0. The third-order valence-corrected chi connectivity index (χ3v) is 6.80. The van der Waals surface area contributed by atoms with E-state index in [2.05, 4.69) is 5.09 Å². The van der Waals surface area contributed by atoms with E-state index in [1.54, 1.807) is 0 Å². The van der Waals surface area contributed by atoms with Gasteiger partial charge in [0.25, 0.3) is 0 Å². The molecule has 2 nitrogen and oxygen atoms in total. The van der Waals surface area contributed by atoms with E-state index in [4.69, 9.17) is 5.84 Å². The van der Waals surface area contributed by atoms with Crippen molar-refractivity contribution < 1.29 is 4.11 Å². The van der Waals surface area contributed by atoms with E-state index in [1.165, 1.54) is 0 Å². The van der Waals surface area contributed by atoms with Crippen LogP contribution in [0.5, 0.6) is 0 Å². The van der Waals surface area contributed by atoms with Crippen molar-refractivity contribution >= 4 is 8.57 Å². The van der Waals surface area contributed by atoms with Crippen LogP contribution < -0.4 is 10.9 Å². The monoisotopic (exact) mass is 192 g/mol. The van der Waals surface area contributed by atoms with E-state index < -0.39 is 8.57 Å². The van der Waals surface area contributed by atoms with Crippen molar-refractivity contribution in [3.05, 3.63) is 0 Å². The van der Waals surface area contributed by atoms with Crippen LogP contribution >= 0.6 is 0 Å². The molecular weight excluding hydrogens is 171 g/mol. The van der Waals surface area contributed by atoms with E-state index in [1.807, 2.05) is 41.5 Å². The molecule has 12 heavy (non-hydrogen) atoms. The maximum absolute atomic E-state index is 14.4. The lowest BCUT2D eigenvalue weighted by Crippen LogP contribution is -2.62. The first-order valence-corrected chi connectivity index (χ1v) is 6.11. The number of nitrogens with two attached hydrogens (primary N) is 1. The Labute approximate surface area is 76.0 Å². The first-order valence-electron chi connectivity index (χ1n) is 4.23. The standard InChI is InChI=1S/C8H21FN2Si/c1-7(2,3)12(9,11-10)8(4,5)6/h11H,10H2,1-6H3. The zero-order valence-corrected chi connectivity index (χ0v) is 9.96.